The fraction of sp³-hybridized carbons (Fsp3) is 0.312. The first-order valence-corrected chi connectivity index (χ1v) is 7.97. The lowest BCUT2D eigenvalue weighted by atomic mass is 9.96. The minimum Gasteiger partial charge on any atom is -0.497 e. The molecule has 128 valence electrons. The first kappa shape index (κ1) is 16.9. The zero-order valence-corrected chi connectivity index (χ0v) is 14.0. The molecule has 2 aromatic rings. The summed E-state index contributed by atoms with van der Waals surface area (Å²) < 4.78 is 61.2. The summed E-state index contributed by atoms with van der Waals surface area (Å²) >= 11 is 1.01. The van der Waals surface area contributed by atoms with E-state index in [2.05, 4.69) is 4.98 Å². The van der Waals surface area contributed by atoms with Gasteiger partial charge in [-0.1, -0.05) is 13.8 Å². The monoisotopic (exact) mass is 358 g/mol. The molecule has 0 atom stereocenters. The first-order chi connectivity index (χ1) is 11.3. The van der Waals surface area contributed by atoms with Crippen LogP contribution in [0.2, 0.25) is 0 Å². The highest BCUT2D eigenvalue weighted by atomic mass is 32.2. The Hall–Kier alpha value is -1.96. The van der Waals surface area contributed by atoms with Crippen LogP contribution in [0.15, 0.2) is 17.0 Å². The molecular formula is C16H14F4N2OS. The maximum atomic E-state index is 14.0. The first-order valence-electron chi connectivity index (χ1n) is 7.19. The Kier molecular flexibility index (Phi) is 4.33. The molecule has 1 aliphatic rings. The smallest absolute Gasteiger partial charge is 0.253 e. The summed E-state index contributed by atoms with van der Waals surface area (Å²) in [6, 6.07) is 3.59. The number of nitrogens with zero attached hydrogens (tertiary/aromatic N) is 2. The van der Waals surface area contributed by atoms with Crippen molar-refractivity contribution in [1.82, 2.24) is 4.98 Å². The number of pyridine rings is 1. The summed E-state index contributed by atoms with van der Waals surface area (Å²) in [7, 11) is 1.52. The number of hydrogen-bond donors (Lipinski definition) is 0. The van der Waals surface area contributed by atoms with Crippen molar-refractivity contribution in [3.05, 3.63) is 46.8 Å². The van der Waals surface area contributed by atoms with E-state index in [-0.39, 0.29) is 12.5 Å². The molecule has 0 saturated heterocycles. The SMILES string of the molecule is COc1cc2c(c(C(C)C)c1)CN(c1c(F)c(F)nc(F)c1F)S2. The maximum absolute atomic E-state index is 14.0. The summed E-state index contributed by atoms with van der Waals surface area (Å²) in [6.45, 7) is 4.08. The number of fused-ring (bicyclic) bond motifs is 1. The number of methoxy groups -OCH3 is 1. The van der Waals surface area contributed by atoms with Gasteiger partial charge in [0.2, 0.25) is 11.6 Å². The van der Waals surface area contributed by atoms with Crippen LogP contribution < -0.4 is 9.04 Å². The molecule has 0 spiro atoms. The van der Waals surface area contributed by atoms with Crippen LogP contribution in [0.25, 0.3) is 0 Å². The van der Waals surface area contributed by atoms with Crippen LogP contribution in [0, 0.1) is 23.5 Å². The minimum atomic E-state index is -1.66. The van der Waals surface area contributed by atoms with Crippen LogP contribution in [0.3, 0.4) is 0 Å². The van der Waals surface area contributed by atoms with Crippen LogP contribution in [-0.2, 0) is 6.54 Å². The van der Waals surface area contributed by atoms with E-state index in [0.29, 0.717) is 5.75 Å². The Morgan fingerprint density at radius 2 is 1.75 bits per heavy atom. The van der Waals surface area contributed by atoms with E-state index in [9.17, 15) is 17.6 Å². The van der Waals surface area contributed by atoms with Crippen molar-refractivity contribution in [3.8, 4) is 5.75 Å². The molecule has 3 nitrogen and oxygen atoms in total. The Bertz CT molecular complexity index is 787. The summed E-state index contributed by atoms with van der Waals surface area (Å²) in [5, 5.41) is 0. The molecule has 0 fully saturated rings. The van der Waals surface area contributed by atoms with Crippen LogP contribution in [0.4, 0.5) is 23.2 Å². The minimum absolute atomic E-state index is 0.119. The summed E-state index contributed by atoms with van der Waals surface area (Å²) in [5.41, 5.74) is 1.04. The number of anilines is 1. The third kappa shape index (κ3) is 2.68. The largest absolute Gasteiger partial charge is 0.497 e. The Labute approximate surface area is 140 Å². The van der Waals surface area contributed by atoms with Gasteiger partial charge in [-0.2, -0.15) is 22.5 Å². The van der Waals surface area contributed by atoms with Gasteiger partial charge in [-0.25, -0.2) is 0 Å². The number of halogens is 4. The van der Waals surface area contributed by atoms with Gasteiger partial charge in [0.05, 0.1) is 13.7 Å². The van der Waals surface area contributed by atoms with E-state index in [4.69, 9.17) is 4.74 Å². The third-order valence-electron chi connectivity index (χ3n) is 3.81. The fourth-order valence-corrected chi connectivity index (χ4v) is 3.78. The molecule has 0 unspecified atom stereocenters. The predicted molar refractivity (Wildman–Crippen MR) is 83.2 cm³/mol. The van der Waals surface area contributed by atoms with Gasteiger partial charge in [0, 0.05) is 4.90 Å². The van der Waals surface area contributed by atoms with Crippen molar-refractivity contribution in [1.29, 1.82) is 0 Å². The van der Waals surface area contributed by atoms with Crippen LogP contribution in [0.5, 0.6) is 5.75 Å². The van der Waals surface area contributed by atoms with Crippen LogP contribution in [-0.4, -0.2) is 12.1 Å². The van der Waals surface area contributed by atoms with Gasteiger partial charge in [0.15, 0.2) is 0 Å². The van der Waals surface area contributed by atoms with Crippen molar-refractivity contribution in [2.75, 3.05) is 11.4 Å². The molecule has 24 heavy (non-hydrogen) atoms. The molecule has 0 radical (unpaired) electrons. The topological polar surface area (TPSA) is 25.4 Å². The molecule has 1 aromatic heterocycles. The molecule has 1 aliphatic heterocycles. The molecule has 0 amide bonds. The van der Waals surface area contributed by atoms with Crippen LogP contribution >= 0.6 is 11.9 Å². The number of benzene rings is 1. The molecule has 0 aliphatic carbocycles. The van der Waals surface area contributed by atoms with Gasteiger partial charge in [-0.15, -0.1) is 0 Å². The predicted octanol–water partition coefficient (Wildman–Crippen LogP) is 4.80. The number of ether oxygens (including phenoxy) is 1. The normalized spacial score (nSPS) is 13.6. The van der Waals surface area contributed by atoms with Crippen molar-refractivity contribution in [2.24, 2.45) is 0 Å². The van der Waals surface area contributed by atoms with Gasteiger partial charge < -0.3 is 9.04 Å². The highest BCUT2D eigenvalue weighted by Crippen LogP contribution is 2.46. The summed E-state index contributed by atoms with van der Waals surface area (Å²) in [6.07, 6.45) is 0. The second-order valence-corrected chi connectivity index (χ2v) is 6.71. The van der Waals surface area contributed by atoms with Gasteiger partial charge in [0.1, 0.15) is 11.4 Å². The average molecular weight is 358 g/mol. The maximum Gasteiger partial charge on any atom is 0.253 e. The Balaban J connectivity index is 2.09. The van der Waals surface area contributed by atoms with Gasteiger partial charge in [0.25, 0.3) is 11.9 Å². The number of hydrogen-bond acceptors (Lipinski definition) is 4. The van der Waals surface area contributed by atoms with E-state index in [1.165, 1.54) is 11.4 Å². The molecule has 3 rings (SSSR count). The standard InChI is InChI=1S/C16H14F4N2OS/c1-7(2)9-4-8(23-3)5-11-10(9)6-22(24-11)14-12(17)15(19)21-16(20)13(14)18/h4-5,7H,6H2,1-3H3. The van der Waals surface area contributed by atoms with Gasteiger partial charge >= 0.3 is 0 Å². The molecule has 2 heterocycles. The van der Waals surface area contributed by atoms with E-state index in [1.54, 1.807) is 6.07 Å². The molecule has 0 saturated carbocycles. The number of rotatable bonds is 3. The Morgan fingerprint density at radius 3 is 2.29 bits per heavy atom. The van der Waals surface area contributed by atoms with E-state index < -0.39 is 29.2 Å². The zero-order valence-electron chi connectivity index (χ0n) is 13.2. The summed E-state index contributed by atoms with van der Waals surface area (Å²) in [5.74, 6) is -5.58. The lowest BCUT2D eigenvalue weighted by Crippen LogP contribution is -2.15. The van der Waals surface area contributed by atoms with Crippen molar-refractivity contribution in [3.63, 3.8) is 0 Å². The fourth-order valence-electron chi connectivity index (χ4n) is 2.64. The lowest BCUT2D eigenvalue weighted by Gasteiger charge is -2.18. The van der Waals surface area contributed by atoms with Crippen LogP contribution in [0.1, 0.15) is 30.9 Å². The van der Waals surface area contributed by atoms with Crippen molar-refractivity contribution in [2.45, 2.75) is 31.2 Å². The highest BCUT2D eigenvalue weighted by Gasteiger charge is 2.32. The van der Waals surface area contributed by atoms with E-state index >= 15 is 0 Å². The third-order valence-corrected chi connectivity index (χ3v) is 4.90. The number of aromatic nitrogens is 1. The quantitative estimate of drug-likeness (QED) is 0.447. The summed E-state index contributed by atoms with van der Waals surface area (Å²) in [4.78, 5) is 3.32. The molecule has 8 heteroatoms. The second kappa shape index (κ2) is 6.16. The Morgan fingerprint density at radius 1 is 1.12 bits per heavy atom. The molecule has 1 aromatic carbocycles. The molecular weight excluding hydrogens is 344 g/mol. The molecule has 0 bridgehead atoms. The van der Waals surface area contributed by atoms with Crippen molar-refractivity contribution >= 4 is 17.6 Å². The average Bonchev–Trinajstić information content (AvgIpc) is 2.95. The zero-order chi connectivity index (χ0) is 17.6. The van der Waals surface area contributed by atoms with Gasteiger partial charge in [-0.05, 0) is 41.1 Å². The highest BCUT2D eigenvalue weighted by molar-refractivity contribution is 8.01. The van der Waals surface area contributed by atoms with Gasteiger partial charge in [-0.3, -0.25) is 0 Å². The lowest BCUT2D eigenvalue weighted by molar-refractivity contribution is 0.409. The van der Waals surface area contributed by atoms with E-state index in [1.807, 2.05) is 19.9 Å². The molecule has 0 N–H and O–H groups in total. The second-order valence-electron chi connectivity index (χ2n) is 5.65. The van der Waals surface area contributed by atoms with E-state index in [0.717, 1.165) is 28.0 Å². The van der Waals surface area contributed by atoms with Crippen molar-refractivity contribution < 1.29 is 22.3 Å².